The molecule has 0 amide bonds. The maximum atomic E-state index is 16.4. The molecule has 2 aromatic rings. The zero-order valence-electron chi connectivity index (χ0n) is 18.9. The average Bonchev–Trinajstić information content (AvgIpc) is 3.31. The number of anilines is 2. The molecule has 2 aliphatic rings. The van der Waals surface area contributed by atoms with Crippen molar-refractivity contribution >= 4 is 47.3 Å². The summed E-state index contributed by atoms with van der Waals surface area (Å²) >= 11 is 5.50. The first-order chi connectivity index (χ1) is 16.0. The number of nitrogens with one attached hydrogen (secondary N) is 2. The van der Waals surface area contributed by atoms with Crippen LogP contribution in [0.1, 0.15) is 27.0 Å². The highest BCUT2D eigenvalue weighted by Crippen LogP contribution is 2.57. The van der Waals surface area contributed by atoms with Crippen LogP contribution in [0, 0.1) is 12.3 Å². The molecule has 4 heterocycles. The molecule has 0 aliphatic carbocycles. The monoisotopic (exact) mass is 513 g/mol. The molecule has 1 unspecified atom stereocenters. The molecule has 184 valence electrons. The number of fused-ring (bicyclic) bond motifs is 2. The van der Waals surface area contributed by atoms with Crippen LogP contribution in [-0.4, -0.2) is 69.2 Å². The molecule has 12 nitrogen and oxygen atoms in total. The van der Waals surface area contributed by atoms with E-state index in [1.807, 2.05) is 0 Å². The number of nitrogens with zero attached hydrogens (tertiary/aromatic N) is 4. The number of terminal acetylenes is 1. The number of hydrogen-bond donors (Lipinski definition) is 3. The van der Waals surface area contributed by atoms with Gasteiger partial charge >= 0.3 is 5.97 Å². The van der Waals surface area contributed by atoms with Crippen LogP contribution in [-0.2, 0) is 35.1 Å². The second-order valence-electron chi connectivity index (χ2n) is 8.10. The Morgan fingerprint density at radius 3 is 2.88 bits per heavy atom. The highest BCUT2D eigenvalue weighted by molar-refractivity contribution is 8.09. The van der Waals surface area contributed by atoms with Crippen molar-refractivity contribution in [1.29, 1.82) is 0 Å². The van der Waals surface area contributed by atoms with Crippen LogP contribution in [0.2, 0.25) is 0 Å². The van der Waals surface area contributed by atoms with Crippen LogP contribution in [0.3, 0.4) is 0 Å². The van der Waals surface area contributed by atoms with Crippen molar-refractivity contribution in [2.24, 2.45) is 0 Å². The minimum absolute atomic E-state index is 0.0410. The molecule has 4 N–H and O–H groups in total. The third-order valence-electron chi connectivity index (χ3n) is 5.28. The molecular formula is C19H25FN7O5PS. The lowest BCUT2D eigenvalue weighted by atomic mass is 9.97. The van der Waals surface area contributed by atoms with Gasteiger partial charge in [-0.2, -0.15) is 9.97 Å². The molecule has 0 saturated carbocycles. The van der Waals surface area contributed by atoms with Crippen LogP contribution < -0.4 is 16.1 Å². The predicted molar refractivity (Wildman–Crippen MR) is 125 cm³/mol. The van der Waals surface area contributed by atoms with E-state index in [0.717, 1.165) is 0 Å². The van der Waals surface area contributed by atoms with E-state index in [1.54, 1.807) is 27.8 Å². The van der Waals surface area contributed by atoms with Gasteiger partial charge in [-0.3, -0.25) is 9.36 Å². The van der Waals surface area contributed by atoms with Crippen molar-refractivity contribution in [3.05, 3.63) is 6.33 Å². The smallest absolute Gasteiger partial charge is 0.323 e. The van der Waals surface area contributed by atoms with E-state index in [9.17, 15) is 4.79 Å². The largest absolute Gasteiger partial charge is 0.462 e. The zero-order chi connectivity index (χ0) is 24.8. The Bertz CT molecular complexity index is 1210. The zero-order valence-corrected chi connectivity index (χ0v) is 20.6. The van der Waals surface area contributed by atoms with Crippen LogP contribution in [0.15, 0.2) is 6.33 Å². The molecule has 2 aromatic heterocycles. The quantitative estimate of drug-likeness (QED) is 0.290. The molecule has 0 spiro atoms. The number of nitrogen functional groups attached to an aromatic ring is 1. The standard InChI is InChI=1S/C19H25FN7O5PS/c1-6-19(20)13-11(7-29-33(34,32-13)26-10(4)16(28)30-9(2)3)31-17(19)27-8-23-12-14(22-5)24-18(21)25-15(12)27/h1,8-11,13,17H,7H2,2-5H3,(H,26,34)(H3,21,22,24,25)/t10-,11+,13+,17+,19+,33?/m0/s1. The molecule has 34 heavy (non-hydrogen) atoms. The minimum atomic E-state index is -3.32. The van der Waals surface area contributed by atoms with E-state index in [2.05, 4.69) is 31.3 Å². The van der Waals surface area contributed by atoms with Gasteiger partial charge in [0.1, 0.15) is 18.2 Å². The number of alkyl halides is 1. The summed E-state index contributed by atoms with van der Waals surface area (Å²) in [6, 6.07) is -0.847. The van der Waals surface area contributed by atoms with Crippen molar-refractivity contribution in [3.63, 3.8) is 0 Å². The summed E-state index contributed by atoms with van der Waals surface area (Å²) in [6.45, 7) is 1.58. The maximum absolute atomic E-state index is 16.4. The maximum Gasteiger partial charge on any atom is 0.323 e. The highest BCUT2D eigenvalue weighted by Gasteiger charge is 2.62. The number of carbonyl (C=O) groups is 1. The van der Waals surface area contributed by atoms with Crippen LogP contribution in [0.5, 0.6) is 0 Å². The van der Waals surface area contributed by atoms with Gasteiger partial charge in [-0.25, -0.2) is 14.5 Å². The second kappa shape index (κ2) is 8.99. The Balaban J connectivity index is 1.63. The number of hydrogen-bond acceptors (Lipinski definition) is 11. The van der Waals surface area contributed by atoms with Crippen LogP contribution in [0.4, 0.5) is 16.2 Å². The van der Waals surface area contributed by atoms with E-state index in [-0.39, 0.29) is 24.3 Å². The summed E-state index contributed by atoms with van der Waals surface area (Å²) in [7, 11) is 1.64. The van der Waals surface area contributed by atoms with Gasteiger partial charge in [0.05, 0.1) is 19.0 Å². The normalized spacial score (nSPS) is 31.7. The Morgan fingerprint density at radius 2 is 2.24 bits per heavy atom. The number of nitrogens with two attached hydrogens (primary N) is 1. The Hall–Kier alpha value is -2.40. The number of halogens is 1. The van der Waals surface area contributed by atoms with Crippen LogP contribution in [0.25, 0.3) is 11.2 Å². The second-order valence-corrected chi connectivity index (χ2v) is 11.3. The summed E-state index contributed by atoms with van der Waals surface area (Å²) in [4.78, 5) is 24.7. The SMILES string of the molecule is C#C[C@@]1(F)[C@@H]2OP(=S)(N[C@@H](C)C(=O)OC(C)C)OC[C@H]2O[C@H]1n1cnc2c(NC)nc(N)nc21. The molecule has 2 aliphatic heterocycles. The van der Waals surface area contributed by atoms with Gasteiger partial charge in [-0.1, -0.05) is 5.92 Å². The molecule has 0 bridgehead atoms. The fourth-order valence-corrected chi connectivity index (χ4v) is 6.40. The summed E-state index contributed by atoms with van der Waals surface area (Å²) in [5.41, 5.74) is 3.92. The topological polar surface area (TPSA) is 148 Å². The fourth-order valence-electron chi connectivity index (χ4n) is 3.76. The molecule has 0 aromatic carbocycles. The molecule has 4 rings (SSSR count). The Kier molecular flexibility index (Phi) is 6.54. The number of aromatic nitrogens is 4. The Labute approximate surface area is 200 Å². The van der Waals surface area contributed by atoms with Gasteiger partial charge in [0, 0.05) is 7.05 Å². The van der Waals surface area contributed by atoms with Crippen molar-refractivity contribution in [2.45, 2.75) is 57.0 Å². The Morgan fingerprint density at radius 1 is 1.50 bits per heavy atom. The molecular weight excluding hydrogens is 488 g/mol. The van der Waals surface area contributed by atoms with Crippen molar-refractivity contribution in [1.82, 2.24) is 24.6 Å². The number of rotatable bonds is 6. The number of ether oxygens (including phenoxy) is 2. The van der Waals surface area contributed by atoms with Gasteiger partial charge in [0.25, 0.3) is 6.64 Å². The van der Waals surface area contributed by atoms with E-state index in [1.165, 1.54) is 10.9 Å². The first-order valence-electron chi connectivity index (χ1n) is 10.4. The van der Waals surface area contributed by atoms with E-state index < -0.39 is 42.8 Å². The van der Waals surface area contributed by atoms with E-state index in [0.29, 0.717) is 11.3 Å². The molecule has 0 radical (unpaired) electrons. The number of imidazole rings is 1. The lowest BCUT2D eigenvalue weighted by molar-refractivity contribution is -0.149. The first kappa shape index (κ1) is 24.7. The summed E-state index contributed by atoms with van der Waals surface area (Å²) < 4.78 is 40.4. The lowest BCUT2D eigenvalue weighted by Crippen LogP contribution is -2.48. The van der Waals surface area contributed by atoms with Gasteiger partial charge in [-0.05, 0) is 32.6 Å². The fraction of sp³-hybridized carbons (Fsp3) is 0.579. The van der Waals surface area contributed by atoms with E-state index >= 15 is 4.39 Å². The molecule has 15 heteroatoms. The van der Waals surface area contributed by atoms with Crippen molar-refractivity contribution in [3.8, 4) is 12.3 Å². The van der Waals surface area contributed by atoms with Crippen molar-refractivity contribution in [2.75, 3.05) is 24.7 Å². The van der Waals surface area contributed by atoms with Crippen LogP contribution >= 0.6 is 6.64 Å². The average molecular weight is 513 g/mol. The lowest BCUT2D eigenvalue weighted by Gasteiger charge is -2.37. The third-order valence-corrected chi connectivity index (χ3v) is 7.87. The summed E-state index contributed by atoms with van der Waals surface area (Å²) in [6.07, 6.45) is 3.17. The highest BCUT2D eigenvalue weighted by atomic mass is 32.5. The van der Waals surface area contributed by atoms with E-state index in [4.69, 9.17) is 42.5 Å². The van der Waals surface area contributed by atoms with Gasteiger partial charge in [-0.15, -0.1) is 6.42 Å². The molecule has 2 saturated heterocycles. The summed E-state index contributed by atoms with van der Waals surface area (Å²) in [5.74, 6) is 1.95. The predicted octanol–water partition coefficient (Wildman–Crippen LogP) is 1.26. The minimum Gasteiger partial charge on any atom is -0.462 e. The van der Waals surface area contributed by atoms with Gasteiger partial charge in [0.15, 0.2) is 23.2 Å². The first-order valence-corrected chi connectivity index (χ1v) is 13.1. The summed E-state index contributed by atoms with van der Waals surface area (Å²) in [5, 5.41) is 5.70. The van der Waals surface area contributed by atoms with Gasteiger partial charge < -0.3 is 29.6 Å². The molecule has 2 fully saturated rings. The third kappa shape index (κ3) is 4.24. The number of carbonyl (C=O) groups excluding carboxylic acids is 1. The molecule has 6 atom stereocenters. The van der Waals surface area contributed by atoms with Crippen molar-refractivity contribution < 1.29 is 27.7 Å². The number of esters is 1. The van der Waals surface area contributed by atoms with Gasteiger partial charge in [0.2, 0.25) is 11.6 Å².